The van der Waals surface area contributed by atoms with Gasteiger partial charge in [0.15, 0.2) is 11.0 Å². The molecule has 0 aliphatic heterocycles. The van der Waals surface area contributed by atoms with E-state index in [4.69, 9.17) is 0 Å². The first-order chi connectivity index (χ1) is 11.7. The van der Waals surface area contributed by atoms with Gasteiger partial charge in [0.2, 0.25) is 0 Å². The topological polar surface area (TPSA) is 59.8 Å². The Morgan fingerprint density at radius 3 is 2.60 bits per heavy atom. The lowest BCUT2D eigenvalue weighted by molar-refractivity contribution is -0.137. The molecule has 0 radical (unpaired) electrons. The minimum Gasteiger partial charge on any atom is -0.345 e. The number of carbonyl (C=O) groups excluding carboxylic acids is 1. The maximum atomic E-state index is 13.0. The predicted molar refractivity (Wildman–Crippen MR) is 89.2 cm³/mol. The number of halogens is 3. The van der Waals surface area contributed by atoms with Crippen LogP contribution in [0.1, 0.15) is 35.6 Å². The van der Waals surface area contributed by atoms with Crippen LogP contribution in [0.5, 0.6) is 0 Å². The van der Waals surface area contributed by atoms with Crippen LogP contribution in [-0.2, 0) is 19.8 Å². The van der Waals surface area contributed by atoms with E-state index in [2.05, 4.69) is 29.4 Å². The first-order valence-corrected chi connectivity index (χ1v) is 8.64. The third-order valence-electron chi connectivity index (χ3n) is 3.35. The van der Waals surface area contributed by atoms with Crippen LogP contribution in [0.4, 0.5) is 13.2 Å². The molecule has 136 valence electrons. The van der Waals surface area contributed by atoms with E-state index in [0.717, 1.165) is 17.9 Å². The average Bonchev–Trinajstić information content (AvgIpc) is 2.90. The lowest BCUT2D eigenvalue weighted by Gasteiger charge is -2.12. The van der Waals surface area contributed by atoms with E-state index in [1.807, 2.05) is 0 Å². The predicted octanol–water partition coefficient (Wildman–Crippen LogP) is 3.51. The number of benzene rings is 1. The van der Waals surface area contributed by atoms with E-state index < -0.39 is 23.2 Å². The van der Waals surface area contributed by atoms with Gasteiger partial charge in [-0.05, 0) is 18.1 Å². The zero-order valence-corrected chi connectivity index (χ0v) is 14.9. The molecular weight excluding hydrogens is 353 g/mol. The molecule has 1 aromatic carbocycles. The molecule has 0 spiro atoms. The number of amides is 1. The van der Waals surface area contributed by atoms with Crippen molar-refractivity contribution < 1.29 is 18.0 Å². The zero-order valence-electron chi connectivity index (χ0n) is 14.1. The number of nitrogens with zero attached hydrogens (tertiary/aromatic N) is 3. The van der Waals surface area contributed by atoms with Gasteiger partial charge in [-0.3, -0.25) is 4.79 Å². The highest BCUT2D eigenvalue weighted by atomic mass is 32.2. The maximum Gasteiger partial charge on any atom is 0.417 e. The van der Waals surface area contributed by atoms with Crippen molar-refractivity contribution in [3.8, 4) is 0 Å². The third kappa shape index (κ3) is 4.97. The summed E-state index contributed by atoms with van der Waals surface area (Å²) in [6, 6.07) is 4.68. The molecule has 9 heteroatoms. The van der Waals surface area contributed by atoms with Crippen molar-refractivity contribution in [3.05, 3.63) is 41.2 Å². The molecule has 1 aromatic heterocycles. The standard InChI is InChI=1S/C16H19F3N4OS/c1-10(2)9-25-15-22-21-13(23(15)3)8-20-14(24)11-6-4-5-7-12(11)16(17,18)19/h4-7,10H,8-9H2,1-3H3,(H,20,24). The normalized spacial score (nSPS) is 11.8. The minimum atomic E-state index is -4.58. The average molecular weight is 372 g/mol. The molecule has 1 N–H and O–H groups in total. The van der Waals surface area contributed by atoms with E-state index in [-0.39, 0.29) is 6.54 Å². The van der Waals surface area contributed by atoms with Gasteiger partial charge in [0, 0.05) is 12.8 Å². The largest absolute Gasteiger partial charge is 0.417 e. The fraction of sp³-hybridized carbons (Fsp3) is 0.438. The van der Waals surface area contributed by atoms with E-state index in [1.165, 1.54) is 12.1 Å². The summed E-state index contributed by atoms with van der Waals surface area (Å²) in [6.07, 6.45) is -4.58. The highest BCUT2D eigenvalue weighted by Crippen LogP contribution is 2.31. The second-order valence-corrected chi connectivity index (χ2v) is 6.88. The third-order valence-corrected chi connectivity index (χ3v) is 4.80. The summed E-state index contributed by atoms with van der Waals surface area (Å²) < 4.78 is 40.7. The second-order valence-electron chi connectivity index (χ2n) is 5.89. The second kappa shape index (κ2) is 7.90. The molecule has 25 heavy (non-hydrogen) atoms. The molecule has 0 aliphatic rings. The fourth-order valence-corrected chi connectivity index (χ4v) is 2.93. The SMILES string of the molecule is CC(C)CSc1nnc(CNC(=O)c2ccccc2C(F)(F)F)n1C. The Morgan fingerprint density at radius 2 is 1.96 bits per heavy atom. The van der Waals surface area contributed by atoms with Gasteiger partial charge in [-0.15, -0.1) is 10.2 Å². The Balaban J connectivity index is 2.07. The molecule has 0 bridgehead atoms. The molecule has 1 amide bonds. The lowest BCUT2D eigenvalue weighted by atomic mass is 10.1. The van der Waals surface area contributed by atoms with Gasteiger partial charge in [-0.1, -0.05) is 37.7 Å². The van der Waals surface area contributed by atoms with Crippen LogP contribution in [0.2, 0.25) is 0 Å². The summed E-state index contributed by atoms with van der Waals surface area (Å²) in [4.78, 5) is 12.1. The van der Waals surface area contributed by atoms with Gasteiger partial charge in [0.25, 0.3) is 5.91 Å². The number of hydrogen-bond acceptors (Lipinski definition) is 4. The van der Waals surface area contributed by atoms with Crippen LogP contribution in [-0.4, -0.2) is 26.4 Å². The monoisotopic (exact) mass is 372 g/mol. The molecule has 0 fully saturated rings. The first-order valence-electron chi connectivity index (χ1n) is 7.65. The fourth-order valence-electron chi connectivity index (χ4n) is 2.05. The Bertz CT molecular complexity index is 743. The number of rotatable bonds is 6. The quantitative estimate of drug-likeness (QED) is 0.789. The molecule has 5 nitrogen and oxygen atoms in total. The summed E-state index contributed by atoms with van der Waals surface area (Å²) in [6.45, 7) is 4.17. The molecule has 0 unspecified atom stereocenters. The van der Waals surface area contributed by atoms with E-state index >= 15 is 0 Å². The van der Waals surface area contributed by atoms with Gasteiger partial charge in [-0.2, -0.15) is 13.2 Å². The molecule has 1 heterocycles. The molecular formula is C16H19F3N4OS. The van der Waals surface area contributed by atoms with Crippen molar-refractivity contribution in [3.63, 3.8) is 0 Å². The van der Waals surface area contributed by atoms with Gasteiger partial charge in [-0.25, -0.2) is 0 Å². The van der Waals surface area contributed by atoms with Crippen LogP contribution in [0.15, 0.2) is 29.4 Å². The highest BCUT2D eigenvalue weighted by Gasteiger charge is 2.34. The van der Waals surface area contributed by atoms with Gasteiger partial charge >= 0.3 is 6.18 Å². The lowest BCUT2D eigenvalue weighted by Crippen LogP contribution is -2.27. The van der Waals surface area contributed by atoms with Crippen molar-refractivity contribution >= 4 is 17.7 Å². The maximum absolute atomic E-state index is 13.0. The summed E-state index contributed by atoms with van der Waals surface area (Å²) in [5.74, 6) is 1.04. The zero-order chi connectivity index (χ0) is 18.6. The number of hydrogen-bond donors (Lipinski definition) is 1. The molecule has 0 saturated carbocycles. The van der Waals surface area contributed by atoms with E-state index in [0.29, 0.717) is 16.9 Å². The minimum absolute atomic E-state index is 0.00321. The molecule has 0 atom stereocenters. The van der Waals surface area contributed by atoms with E-state index in [1.54, 1.807) is 23.4 Å². The summed E-state index contributed by atoms with van der Waals surface area (Å²) >= 11 is 1.54. The smallest absolute Gasteiger partial charge is 0.345 e. The van der Waals surface area contributed by atoms with Crippen LogP contribution in [0.3, 0.4) is 0 Å². The van der Waals surface area contributed by atoms with E-state index in [9.17, 15) is 18.0 Å². The molecule has 0 saturated heterocycles. The van der Waals surface area contributed by atoms with Crippen molar-refractivity contribution in [1.29, 1.82) is 0 Å². The summed E-state index contributed by atoms with van der Waals surface area (Å²) in [7, 11) is 1.76. The van der Waals surface area contributed by atoms with Crippen molar-refractivity contribution in [2.75, 3.05) is 5.75 Å². The number of aromatic nitrogens is 3. The van der Waals surface area contributed by atoms with Gasteiger partial charge < -0.3 is 9.88 Å². The molecule has 2 aromatic rings. The number of nitrogens with one attached hydrogen (secondary N) is 1. The van der Waals surface area contributed by atoms with Gasteiger partial charge in [0.05, 0.1) is 17.7 Å². The Kier molecular flexibility index (Phi) is 6.10. The van der Waals surface area contributed by atoms with Crippen molar-refractivity contribution in [1.82, 2.24) is 20.1 Å². The van der Waals surface area contributed by atoms with Crippen LogP contribution >= 0.6 is 11.8 Å². The summed E-state index contributed by atoms with van der Waals surface area (Å²) in [5.41, 5.74) is -1.37. The van der Waals surface area contributed by atoms with Crippen molar-refractivity contribution in [2.45, 2.75) is 31.7 Å². The Morgan fingerprint density at radius 1 is 1.28 bits per heavy atom. The first kappa shape index (κ1) is 19.3. The number of thioether (sulfide) groups is 1. The summed E-state index contributed by atoms with van der Waals surface area (Å²) in [5, 5.41) is 11.2. The Labute approximate surface area is 148 Å². The molecule has 0 aliphatic carbocycles. The Hall–Kier alpha value is -2.03. The van der Waals surface area contributed by atoms with Crippen molar-refractivity contribution in [2.24, 2.45) is 13.0 Å². The van der Waals surface area contributed by atoms with Gasteiger partial charge in [0.1, 0.15) is 0 Å². The number of alkyl halides is 3. The van der Waals surface area contributed by atoms with Crippen LogP contribution < -0.4 is 5.32 Å². The van der Waals surface area contributed by atoms with Crippen LogP contribution in [0.25, 0.3) is 0 Å². The number of carbonyl (C=O) groups is 1. The highest BCUT2D eigenvalue weighted by molar-refractivity contribution is 7.99. The molecule has 2 rings (SSSR count). The van der Waals surface area contributed by atoms with Crippen LogP contribution in [0, 0.1) is 5.92 Å².